The molecule has 4 aromatic rings. The number of hydrogen-bond acceptors (Lipinski definition) is 2. The van der Waals surface area contributed by atoms with Crippen molar-refractivity contribution in [1.29, 1.82) is 0 Å². The van der Waals surface area contributed by atoms with Gasteiger partial charge in [-0.3, -0.25) is 0 Å². The minimum atomic E-state index is -1.16. The number of aromatic carboxylic acids is 1. The van der Waals surface area contributed by atoms with Crippen molar-refractivity contribution in [2.75, 3.05) is 4.90 Å². The van der Waals surface area contributed by atoms with Crippen molar-refractivity contribution in [3.63, 3.8) is 0 Å². The molecule has 6 heteroatoms. The molecular formula is C25H16Br2FNO2. The van der Waals surface area contributed by atoms with Gasteiger partial charge in [0.15, 0.2) is 0 Å². The van der Waals surface area contributed by atoms with Gasteiger partial charge in [0.2, 0.25) is 0 Å². The highest BCUT2D eigenvalue weighted by atomic mass is 79.9. The number of halogens is 3. The molecule has 0 bridgehead atoms. The second-order valence-electron chi connectivity index (χ2n) is 6.87. The Morgan fingerprint density at radius 2 is 1.13 bits per heavy atom. The van der Waals surface area contributed by atoms with Crippen LogP contribution in [0, 0.1) is 5.82 Å². The van der Waals surface area contributed by atoms with E-state index in [1.165, 1.54) is 12.1 Å². The maximum absolute atomic E-state index is 13.9. The molecule has 4 aromatic carbocycles. The lowest BCUT2D eigenvalue weighted by Gasteiger charge is -2.25. The molecule has 0 amide bonds. The predicted molar refractivity (Wildman–Crippen MR) is 129 cm³/mol. The Hall–Kier alpha value is -2.96. The van der Waals surface area contributed by atoms with Crippen LogP contribution in [0.2, 0.25) is 0 Å². The highest BCUT2D eigenvalue weighted by molar-refractivity contribution is 9.10. The Labute approximate surface area is 196 Å². The number of carboxylic acid groups (broad SMARTS) is 1. The number of nitrogens with zero attached hydrogens (tertiary/aromatic N) is 1. The van der Waals surface area contributed by atoms with E-state index in [0.717, 1.165) is 37.6 Å². The quantitative estimate of drug-likeness (QED) is 0.277. The van der Waals surface area contributed by atoms with E-state index in [1.54, 1.807) is 0 Å². The Morgan fingerprint density at radius 1 is 0.677 bits per heavy atom. The van der Waals surface area contributed by atoms with E-state index in [-0.39, 0.29) is 5.56 Å². The topological polar surface area (TPSA) is 40.5 Å². The third-order valence-corrected chi connectivity index (χ3v) is 5.83. The maximum Gasteiger partial charge on any atom is 0.335 e. The molecule has 3 nitrogen and oxygen atoms in total. The standard InChI is InChI=1S/C25H16Br2FNO2/c26-19-3-9-23(10-4-19)29(24-11-5-20(27)6-12-24)22-7-1-16(2-8-22)17-13-18(25(30)31)15-21(28)14-17/h1-15H,(H,30,31). The number of benzene rings is 4. The van der Waals surface area contributed by atoms with Crippen molar-refractivity contribution >= 4 is 54.9 Å². The van der Waals surface area contributed by atoms with Gasteiger partial charge in [0, 0.05) is 26.0 Å². The molecule has 1 N–H and O–H groups in total. The van der Waals surface area contributed by atoms with E-state index < -0.39 is 11.8 Å². The molecule has 0 aliphatic carbocycles. The highest BCUT2D eigenvalue weighted by Crippen LogP contribution is 2.36. The molecular weight excluding hydrogens is 525 g/mol. The smallest absolute Gasteiger partial charge is 0.335 e. The lowest BCUT2D eigenvalue weighted by molar-refractivity contribution is 0.0696. The zero-order chi connectivity index (χ0) is 22.0. The molecule has 0 unspecified atom stereocenters. The van der Waals surface area contributed by atoms with Crippen LogP contribution < -0.4 is 4.90 Å². The van der Waals surface area contributed by atoms with Crippen molar-refractivity contribution in [2.45, 2.75) is 0 Å². The van der Waals surface area contributed by atoms with Gasteiger partial charge in [-0.2, -0.15) is 0 Å². The SMILES string of the molecule is O=C(O)c1cc(F)cc(-c2ccc(N(c3ccc(Br)cc3)c3ccc(Br)cc3)cc2)c1. The van der Waals surface area contributed by atoms with Gasteiger partial charge in [0.25, 0.3) is 0 Å². The minimum absolute atomic E-state index is 0.0783. The summed E-state index contributed by atoms with van der Waals surface area (Å²) in [5, 5.41) is 9.21. The molecule has 0 saturated heterocycles. The second-order valence-corrected chi connectivity index (χ2v) is 8.70. The lowest BCUT2D eigenvalue weighted by atomic mass is 10.0. The number of anilines is 3. The van der Waals surface area contributed by atoms with Crippen LogP contribution in [-0.4, -0.2) is 11.1 Å². The van der Waals surface area contributed by atoms with Crippen LogP contribution in [0.5, 0.6) is 0 Å². The van der Waals surface area contributed by atoms with Crippen LogP contribution in [-0.2, 0) is 0 Å². The fourth-order valence-electron chi connectivity index (χ4n) is 3.31. The summed E-state index contributed by atoms with van der Waals surface area (Å²) in [6.07, 6.45) is 0. The van der Waals surface area contributed by atoms with Crippen molar-refractivity contribution in [3.8, 4) is 11.1 Å². The van der Waals surface area contributed by atoms with Gasteiger partial charge < -0.3 is 10.0 Å². The Morgan fingerprint density at radius 3 is 1.58 bits per heavy atom. The van der Waals surface area contributed by atoms with E-state index in [1.807, 2.05) is 72.8 Å². The molecule has 0 fully saturated rings. The molecule has 0 spiro atoms. The van der Waals surface area contributed by atoms with Gasteiger partial charge >= 0.3 is 5.97 Å². The molecule has 0 aromatic heterocycles. The van der Waals surface area contributed by atoms with E-state index in [0.29, 0.717) is 5.56 Å². The zero-order valence-electron chi connectivity index (χ0n) is 16.1. The van der Waals surface area contributed by atoms with Crippen LogP contribution in [0.1, 0.15) is 10.4 Å². The van der Waals surface area contributed by atoms with Gasteiger partial charge in [0.1, 0.15) is 5.82 Å². The summed E-state index contributed by atoms with van der Waals surface area (Å²) in [7, 11) is 0. The Bertz CT molecular complexity index is 1180. The minimum Gasteiger partial charge on any atom is -0.478 e. The van der Waals surface area contributed by atoms with Crippen LogP contribution in [0.4, 0.5) is 21.5 Å². The predicted octanol–water partition coefficient (Wildman–Crippen LogP) is 8.19. The largest absolute Gasteiger partial charge is 0.478 e. The van der Waals surface area contributed by atoms with E-state index in [2.05, 4.69) is 36.8 Å². The zero-order valence-corrected chi connectivity index (χ0v) is 19.3. The summed E-state index contributed by atoms with van der Waals surface area (Å²) in [5.41, 5.74) is 4.06. The summed E-state index contributed by atoms with van der Waals surface area (Å²) in [4.78, 5) is 13.4. The summed E-state index contributed by atoms with van der Waals surface area (Å²) in [6.45, 7) is 0. The van der Waals surface area contributed by atoms with Crippen LogP contribution in [0.15, 0.2) is 99.9 Å². The van der Waals surface area contributed by atoms with Crippen molar-refractivity contribution in [2.24, 2.45) is 0 Å². The molecule has 0 aliphatic heterocycles. The summed E-state index contributed by atoms with van der Waals surface area (Å²) < 4.78 is 15.9. The summed E-state index contributed by atoms with van der Waals surface area (Å²) >= 11 is 6.95. The molecule has 154 valence electrons. The second kappa shape index (κ2) is 9.04. The first-order valence-electron chi connectivity index (χ1n) is 9.36. The van der Waals surface area contributed by atoms with Gasteiger partial charge in [-0.1, -0.05) is 44.0 Å². The van der Waals surface area contributed by atoms with Gasteiger partial charge in [-0.05, 0) is 90.0 Å². The highest BCUT2D eigenvalue weighted by Gasteiger charge is 2.14. The third-order valence-electron chi connectivity index (χ3n) is 4.77. The number of rotatable bonds is 5. The fraction of sp³-hybridized carbons (Fsp3) is 0. The molecule has 0 heterocycles. The molecule has 31 heavy (non-hydrogen) atoms. The molecule has 0 saturated carbocycles. The van der Waals surface area contributed by atoms with Crippen LogP contribution >= 0.6 is 31.9 Å². The van der Waals surface area contributed by atoms with Crippen molar-refractivity contribution in [3.05, 3.63) is 111 Å². The number of carbonyl (C=O) groups is 1. The molecule has 0 radical (unpaired) electrons. The van der Waals surface area contributed by atoms with Gasteiger partial charge in [-0.15, -0.1) is 0 Å². The van der Waals surface area contributed by atoms with Gasteiger partial charge in [-0.25, -0.2) is 9.18 Å². The van der Waals surface area contributed by atoms with E-state index >= 15 is 0 Å². The van der Waals surface area contributed by atoms with Crippen molar-refractivity contribution in [1.82, 2.24) is 0 Å². The van der Waals surface area contributed by atoms with Crippen molar-refractivity contribution < 1.29 is 14.3 Å². The average Bonchev–Trinajstić information content (AvgIpc) is 2.76. The first-order valence-corrected chi connectivity index (χ1v) is 10.9. The van der Waals surface area contributed by atoms with E-state index in [9.17, 15) is 14.3 Å². The first-order chi connectivity index (χ1) is 14.9. The summed E-state index contributed by atoms with van der Waals surface area (Å²) in [5.74, 6) is -1.74. The first kappa shape index (κ1) is 21.3. The average molecular weight is 541 g/mol. The Kier molecular flexibility index (Phi) is 6.20. The van der Waals surface area contributed by atoms with Gasteiger partial charge in [0.05, 0.1) is 5.56 Å². The molecule has 4 rings (SSSR count). The molecule has 0 aliphatic rings. The monoisotopic (exact) mass is 539 g/mol. The summed E-state index contributed by atoms with van der Waals surface area (Å²) in [6, 6.07) is 27.4. The molecule has 0 atom stereocenters. The van der Waals surface area contributed by atoms with Crippen LogP contribution in [0.25, 0.3) is 11.1 Å². The third kappa shape index (κ3) is 4.86. The Balaban J connectivity index is 1.76. The number of hydrogen-bond donors (Lipinski definition) is 1. The number of carboxylic acids is 1. The normalized spacial score (nSPS) is 10.7. The lowest BCUT2D eigenvalue weighted by Crippen LogP contribution is -2.09. The van der Waals surface area contributed by atoms with E-state index in [4.69, 9.17) is 0 Å². The fourth-order valence-corrected chi connectivity index (χ4v) is 3.84. The maximum atomic E-state index is 13.9. The van der Waals surface area contributed by atoms with Crippen LogP contribution in [0.3, 0.4) is 0 Å².